The molecule has 1 aliphatic rings. The van der Waals surface area contributed by atoms with Crippen molar-refractivity contribution < 1.29 is 19.1 Å². The molecule has 228 valence electrons. The highest BCUT2D eigenvalue weighted by molar-refractivity contribution is 7.98. The Morgan fingerprint density at radius 1 is 1.07 bits per heavy atom. The average Bonchev–Trinajstić information content (AvgIpc) is 2.91. The third-order valence-corrected chi connectivity index (χ3v) is 8.02. The van der Waals surface area contributed by atoms with Crippen molar-refractivity contribution >= 4 is 29.7 Å². The summed E-state index contributed by atoms with van der Waals surface area (Å²) in [7, 11) is 0. The molecule has 1 aliphatic carbocycles. The van der Waals surface area contributed by atoms with Gasteiger partial charge >= 0.3 is 6.09 Å². The first-order valence-corrected chi connectivity index (χ1v) is 16.4. The van der Waals surface area contributed by atoms with E-state index in [1.807, 2.05) is 37.4 Å². The van der Waals surface area contributed by atoms with E-state index in [0.717, 1.165) is 32.1 Å². The Kier molecular flexibility index (Phi) is 14.1. The van der Waals surface area contributed by atoms with E-state index in [4.69, 9.17) is 11.2 Å². The molecule has 0 saturated heterocycles. The molecule has 3 amide bonds. The van der Waals surface area contributed by atoms with Crippen LogP contribution >= 0.6 is 11.8 Å². The number of hydrogen-bond acceptors (Lipinski definition) is 5. The molecule has 2 N–H and O–H groups in total. The fraction of sp³-hybridized carbons (Fsp3) is 0.667. The van der Waals surface area contributed by atoms with Gasteiger partial charge in [-0.25, -0.2) is 4.79 Å². The third-order valence-electron chi connectivity index (χ3n) is 7.38. The number of terminal acetylenes is 1. The van der Waals surface area contributed by atoms with Gasteiger partial charge in [0.25, 0.3) is 0 Å². The Balaban J connectivity index is 2.60. The van der Waals surface area contributed by atoms with Gasteiger partial charge in [-0.3, -0.25) is 9.59 Å². The topological polar surface area (TPSA) is 87.7 Å². The molecule has 3 atom stereocenters. The number of hydrogen-bond donors (Lipinski definition) is 2. The maximum absolute atomic E-state index is 14.6. The molecule has 1 aromatic rings. The molecule has 3 unspecified atom stereocenters. The lowest BCUT2D eigenvalue weighted by Gasteiger charge is -2.40. The van der Waals surface area contributed by atoms with Gasteiger partial charge in [-0.05, 0) is 89.4 Å². The van der Waals surface area contributed by atoms with E-state index < -0.39 is 23.8 Å². The molecule has 1 aromatic carbocycles. The van der Waals surface area contributed by atoms with Crippen molar-refractivity contribution in [2.45, 2.75) is 123 Å². The fourth-order valence-electron chi connectivity index (χ4n) is 5.25. The first kappa shape index (κ1) is 34.5. The average molecular weight is 586 g/mol. The van der Waals surface area contributed by atoms with Crippen molar-refractivity contribution in [2.75, 3.05) is 12.0 Å². The zero-order valence-corrected chi connectivity index (χ0v) is 26.9. The Morgan fingerprint density at radius 2 is 1.73 bits per heavy atom. The summed E-state index contributed by atoms with van der Waals surface area (Å²) < 4.78 is 5.51. The monoisotopic (exact) mass is 585 g/mol. The second-order valence-corrected chi connectivity index (χ2v) is 13.5. The van der Waals surface area contributed by atoms with Gasteiger partial charge in [0.1, 0.15) is 17.7 Å². The van der Waals surface area contributed by atoms with Gasteiger partial charge in [0.2, 0.25) is 11.8 Å². The van der Waals surface area contributed by atoms with Crippen LogP contribution in [0.5, 0.6) is 0 Å². The van der Waals surface area contributed by atoms with Crippen molar-refractivity contribution in [1.29, 1.82) is 0 Å². The van der Waals surface area contributed by atoms with Gasteiger partial charge in [0.05, 0.1) is 0 Å². The van der Waals surface area contributed by atoms with Crippen molar-refractivity contribution in [3.63, 3.8) is 0 Å². The number of benzene rings is 1. The van der Waals surface area contributed by atoms with Gasteiger partial charge in [0, 0.05) is 17.6 Å². The number of rotatable bonds is 13. The molecule has 0 spiro atoms. The smallest absolute Gasteiger partial charge is 0.408 e. The molecule has 0 heterocycles. The van der Waals surface area contributed by atoms with Crippen LogP contribution in [0.15, 0.2) is 24.3 Å². The first-order valence-electron chi connectivity index (χ1n) is 15.0. The molecule has 8 heteroatoms. The molecular formula is C33H51N3O4S. The minimum Gasteiger partial charge on any atom is -0.444 e. The number of carbonyl (C=O) groups excluding carboxylic acids is 3. The van der Waals surface area contributed by atoms with Crippen LogP contribution in [0.3, 0.4) is 0 Å². The number of nitrogens with one attached hydrogen (secondary N) is 2. The third kappa shape index (κ3) is 11.3. The number of ether oxygens (including phenoxy) is 1. The summed E-state index contributed by atoms with van der Waals surface area (Å²) in [6.45, 7) is 11.6. The predicted molar refractivity (Wildman–Crippen MR) is 169 cm³/mol. The fourth-order valence-corrected chi connectivity index (χ4v) is 5.72. The Morgan fingerprint density at radius 3 is 2.32 bits per heavy atom. The summed E-state index contributed by atoms with van der Waals surface area (Å²) in [6.07, 6.45) is 14.4. The maximum Gasteiger partial charge on any atom is 0.408 e. The Labute approximate surface area is 252 Å². The van der Waals surface area contributed by atoms with E-state index in [9.17, 15) is 14.4 Å². The normalized spacial score (nSPS) is 16.3. The standard InChI is InChI=1S/C33H51N3O4S/c1-9-25-15-13-14-18-27(25)29(30(37)34-26-16-11-10-12-17-26)36(24(4)20-19-23(2)3)31(38)28(21-22-41-8)35-32(39)40-33(5,6)7/h1,13-15,18,23-24,26,28-29H,10-12,16-17,19-22H2,2-8H3,(H,34,37)(H,35,39). The first-order chi connectivity index (χ1) is 19.4. The summed E-state index contributed by atoms with van der Waals surface area (Å²) in [5.74, 6) is 3.27. The van der Waals surface area contributed by atoms with E-state index in [1.54, 1.807) is 37.4 Å². The number of nitrogens with zero attached hydrogens (tertiary/aromatic N) is 1. The number of carbonyl (C=O) groups is 3. The van der Waals surface area contributed by atoms with E-state index in [1.165, 1.54) is 6.42 Å². The highest BCUT2D eigenvalue weighted by Gasteiger charge is 2.40. The lowest BCUT2D eigenvalue weighted by atomic mass is 9.92. The highest BCUT2D eigenvalue weighted by atomic mass is 32.2. The van der Waals surface area contributed by atoms with Gasteiger partial charge < -0.3 is 20.3 Å². The molecule has 0 radical (unpaired) electrons. The maximum atomic E-state index is 14.6. The van der Waals surface area contributed by atoms with E-state index >= 15 is 0 Å². The van der Waals surface area contributed by atoms with E-state index in [0.29, 0.717) is 35.6 Å². The summed E-state index contributed by atoms with van der Waals surface area (Å²) in [6, 6.07) is 5.33. The van der Waals surface area contributed by atoms with Crippen molar-refractivity contribution in [1.82, 2.24) is 15.5 Å². The van der Waals surface area contributed by atoms with Crippen LogP contribution in [0, 0.1) is 18.3 Å². The van der Waals surface area contributed by atoms with Crippen LogP contribution in [0.4, 0.5) is 4.79 Å². The van der Waals surface area contributed by atoms with Crippen LogP contribution in [0.2, 0.25) is 0 Å². The van der Waals surface area contributed by atoms with Gasteiger partial charge in [-0.15, -0.1) is 6.42 Å². The van der Waals surface area contributed by atoms with Gasteiger partial charge in [-0.1, -0.05) is 57.2 Å². The Hall–Kier alpha value is -2.66. The minimum atomic E-state index is -0.934. The molecule has 41 heavy (non-hydrogen) atoms. The number of amides is 3. The summed E-state index contributed by atoms with van der Waals surface area (Å²) in [5.41, 5.74) is 0.482. The van der Waals surface area contributed by atoms with Gasteiger partial charge in [0.15, 0.2) is 0 Å². The second kappa shape index (κ2) is 16.7. The predicted octanol–water partition coefficient (Wildman–Crippen LogP) is 6.46. The van der Waals surface area contributed by atoms with Crippen LogP contribution in [0.25, 0.3) is 0 Å². The molecule has 1 fully saturated rings. The number of alkyl carbamates (subject to hydrolysis) is 1. The summed E-state index contributed by atoms with van der Waals surface area (Å²) in [4.78, 5) is 43.3. The zero-order chi connectivity index (χ0) is 30.6. The molecule has 0 aromatic heterocycles. The van der Waals surface area contributed by atoms with Crippen molar-refractivity contribution in [3.05, 3.63) is 35.4 Å². The Bertz CT molecular complexity index is 1040. The van der Waals surface area contributed by atoms with E-state index in [-0.39, 0.29) is 23.9 Å². The molecular weight excluding hydrogens is 534 g/mol. The zero-order valence-electron chi connectivity index (χ0n) is 26.1. The summed E-state index contributed by atoms with van der Waals surface area (Å²) in [5, 5.41) is 6.09. The largest absolute Gasteiger partial charge is 0.444 e. The quantitative estimate of drug-likeness (QED) is 0.260. The van der Waals surface area contributed by atoms with Crippen LogP contribution < -0.4 is 10.6 Å². The SMILES string of the molecule is C#Cc1ccccc1C(C(=O)NC1CCCCC1)N(C(=O)C(CCSC)NC(=O)OC(C)(C)C)C(C)CCC(C)C. The molecule has 0 aliphatic heterocycles. The van der Waals surface area contributed by atoms with Crippen LogP contribution in [-0.4, -0.2) is 58.5 Å². The molecule has 1 saturated carbocycles. The van der Waals surface area contributed by atoms with Gasteiger partial charge in [-0.2, -0.15) is 11.8 Å². The van der Waals surface area contributed by atoms with Crippen LogP contribution in [-0.2, 0) is 14.3 Å². The lowest BCUT2D eigenvalue weighted by Crippen LogP contribution is -2.56. The number of thioether (sulfide) groups is 1. The molecule has 0 bridgehead atoms. The van der Waals surface area contributed by atoms with Crippen molar-refractivity contribution in [3.8, 4) is 12.3 Å². The van der Waals surface area contributed by atoms with Crippen LogP contribution in [0.1, 0.15) is 110 Å². The minimum absolute atomic E-state index is 0.0619. The van der Waals surface area contributed by atoms with Crippen molar-refractivity contribution in [2.24, 2.45) is 5.92 Å². The lowest BCUT2D eigenvalue weighted by molar-refractivity contribution is -0.145. The summed E-state index contributed by atoms with van der Waals surface area (Å²) >= 11 is 1.59. The second-order valence-electron chi connectivity index (χ2n) is 12.5. The van der Waals surface area contributed by atoms with E-state index in [2.05, 4.69) is 30.4 Å². The highest BCUT2D eigenvalue weighted by Crippen LogP contribution is 2.31. The molecule has 7 nitrogen and oxygen atoms in total. The molecule has 2 rings (SSSR count).